The first-order valence-electron chi connectivity index (χ1n) is 8.17. The molecule has 0 unspecified atom stereocenters. The molecule has 0 saturated heterocycles. The van der Waals surface area contributed by atoms with Crippen LogP contribution in [-0.2, 0) is 11.3 Å². The van der Waals surface area contributed by atoms with Crippen molar-refractivity contribution in [3.8, 4) is 0 Å². The van der Waals surface area contributed by atoms with E-state index < -0.39 is 0 Å². The number of halogens is 1. The molecule has 3 nitrogen and oxygen atoms in total. The Balaban J connectivity index is 1.51. The standard InChI is InChI=1S/C21H17ClN2O/c22-21-11-20-19(13-24-21)18(12-23-20)16-7-4-8-17(10-9-16)25-14-15-5-2-1-3-6-15/h1-9,11-13,23H,10,14H2. The van der Waals surface area contributed by atoms with Gasteiger partial charge in [-0.05, 0) is 23.3 Å². The summed E-state index contributed by atoms with van der Waals surface area (Å²) >= 11 is 5.96. The van der Waals surface area contributed by atoms with Crippen LogP contribution < -0.4 is 0 Å². The van der Waals surface area contributed by atoms with Crippen LogP contribution in [0.1, 0.15) is 17.5 Å². The lowest BCUT2D eigenvalue weighted by molar-refractivity contribution is 0.194. The lowest BCUT2D eigenvalue weighted by Crippen LogP contribution is -1.92. The van der Waals surface area contributed by atoms with Gasteiger partial charge >= 0.3 is 0 Å². The van der Waals surface area contributed by atoms with Gasteiger partial charge in [0.15, 0.2) is 0 Å². The Morgan fingerprint density at radius 2 is 2.08 bits per heavy atom. The van der Waals surface area contributed by atoms with Crippen LogP contribution in [0.15, 0.2) is 78.9 Å². The van der Waals surface area contributed by atoms with E-state index in [1.54, 1.807) is 0 Å². The van der Waals surface area contributed by atoms with Gasteiger partial charge in [0.05, 0.1) is 5.52 Å². The van der Waals surface area contributed by atoms with Gasteiger partial charge in [0.2, 0.25) is 0 Å². The molecule has 0 bridgehead atoms. The van der Waals surface area contributed by atoms with Gasteiger partial charge < -0.3 is 9.72 Å². The van der Waals surface area contributed by atoms with Gasteiger partial charge in [0.1, 0.15) is 17.5 Å². The summed E-state index contributed by atoms with van der Waals surface area (Å²) in [4.78, 5) is 7.45. The van der Waals surface area contributed by atoms with Crippen molar-refractivity contribution in [3.05, 3.63) is 95.1 Å². The maximum Gasteiger partial charge on any atom is 0.131 e. The number of nitrogens with zero attached hydrogens (tertiary/aromatic N) is 1. The lowest BCUT2D eigenvalue weighted by Gasteiger charge is -2.08. The predicted molar refractivity (Wildman–Crippen MR) is 102 cm³/mol. The molecule has 2 aromatic heterocycles. The van der Waals surface area contributed by atoms with Crippen LogP contribution in [0.2, 0.25) is 5.15 Å². The number of nitrogens with one attached hydrogen (secondary N) is 1. The van der Waals surface area contributed by atoms with Crippen LogP contribution in [0.25, 0.3) is 16.5 Å². The summed E-state index contributed by atoms with van der Waals surface area (Å²) in [6.07, 6.45) is 12.9. The number of allylic oxidation sites excluding steroid dienone is 5. The summed E-state index contributed by atoms with van der Waals surface area (Å²) in [6.45, 7) is 0.583. The summed E-state index contributed by atoms with van der Waals surface area (Å²) < 4.78 is 5.95. The van der Waals surface area contributed by atoms with Crippen LogP contribution in [-0.4, -0.2) is 9.97 Å². The molecule has 1 N–H and O–H groups in total. The van der Waals surface area contributed by atoms with Crippen molar-refractivity contribution in [2.24, 2.45) is 0 Å². The van der Waals surface area contributed by atoms with Crippen LogP contribution in [0.3, 0.4) is 0 Å². The average Bonchev–Trinajstić information content (AvgIpc) is 2.90. The summed E-state index contributed by atoms with van der Waals surface area (Å²) in [5, 5.41) is 1.55. The summed E-state index contributed by atoms with van der Waals surface area (Å²) in [5.74, 6) is 0.955. The molecular formula is C21H17ClN2O. The summed E-state index contributed by atoms with van der Waals surface area (Å²) in [7, 11) is 0. The van der Waals surface area contributed by atoms with Crippen LogP contribution in [0, 0.1) is 0 Å². The quantitative estimate of drug-likeness (QED) is 0.618. The highest BCUT2D eigenvalue weighted by Gasteiger charge is 2.10. The molecule has 0 radical (unpaired) electrons. The van der Waals surface area contributed by atoms with E-state index in [0.717, 1.165) is 34.2 Å². The van der Waals surface area contributed by atoms with Crippen molar-refractivity contribution in [1.29, 1.82) is 0 Å². The molecule has 1 aromatic carbocycles. The fraction of sp³-hybridized carbons (Fsp3) is 0.0952. The number of hydrogen-bond acceptors (Lipinski definition) is 2. The molecule has 4 heteroatoms. The predicted octanol–water partition coefficient (Wildman–Crippen LogP) is 5.66. The number of fused-ring (bicyclic) bond motifs is 1. The SMILES string of the molecule is Clc1cc2[nH]cc(C3=CCC(OCc4ccccc4)=CC=C3)c2cn1. The third kappa shape index (κ3) is 3.52. The van der Waals surface area contributed by atoms with Crippen molar-refractivity contribution in [3.63, 3.8) is 0 Å². The molecule has 0 fully saturated rings. The first kappa shape index (κ1) is 15.7. The molecule has 25 heavy (non-hydrogen) atoms. The molecule has 4 rings (SSSR count). The van der Waals surface area contributed by atoms with Crippen molar-refractivity contribution >= 4 is 28.1 Å². The smallest absolute Gasteiger partial charge is 0.131 e. The minimum Gasteiger partial charge on any atom is -0.493 e. The zero-order chi connectivity index (χ0) is 17.1. The maximum atomic E-state index is 5.96. The monoisotopic (exact) mass is 348 g/mol. The summed E-state index contributed by atoms with van der Waals surface area (Å²) in [5.41, 5.74) is 4.42. The number of ether oxygens (including phenoxy) is 1. The second-order valence-electron chi connectivity index (χ2n) is 5.88. The van der Waals surface area contributed by atoms with Gasteiger partial charge in [-0.15, -0.1) is 0 Å². The molecule has 1 aliphatic rings. The minimum absolute atomic E-state index is 0.490. The maximum absolute atomic E-state index is 5.96. The second-order valence-corrected chi connectivity index (χ2v) is 6.27. The third-order valence-electron chi connectivity index (χ3n) is 4.19. The molecule has 1 aliphatic carbocycles. The van der Waals surface area contributed by atoms with E-state index in [1.165, 1.54) is 5.56 Å². The van der Waals surface area contributed by atoms with Crippen molar-refractivity contribution in [2.45, 2.75) is 13.0 Å². The molecule has 3 aromatic rings. The molecule has 0 spiro atoms. The molecule has 0 atom stereocenters. The normalized spacial score (nSPS) is 14.1. The number of aromatic nitrogens is 2. The van der Waals surface area contributed by atoms with Gasteiger partial charge in [0, 0.05) is 29.8 Å². The number of benzene rings is 1. The number of H-pyrrole nitrogens is 1. The van der Waals surface area contributed by atoms with E-state index in [0.29, 0.717) is 11.8 Å². The van der Waals surface area contributed by atoms with Crippen LogP contribution in [0.5, 0.6) is 0 Å². The Bertz CT molecular complexity index is 984. The molecular weight excluding hydrogens is 332 g/mol. The first-order chi connectivity index (χ1) is 12.3. The topological polar surface area (TPSA) is 37.9 Å². The zero-order valence-corrected chi connectivity index (χ0v) is 14.3. The second kappa shape index (κ2) is 6.99. The minimum atomic E-state index is 0.490. The fourth-order valence-electron chi connectivity index (χ4n) is 2.89. The highest BCUT2D eigenvalue weighted by molar-refractivity contribution is 6.30. The van der Waals surface area contributed by atoms with Crippen LogP contribution >= 0.6 is 11.6 Å². The Morgan fingerprint density at radius 1 is 1.20 bits per heavy atom. The molecule has 124 valence electrons. The fourth-order valence-corrected chi connectivity index (χ4v) is 3.05. The first-order valence-corrected chi connectivity index (χ1v) is 8.54. The summed E-state index contributed by atoms with van der Waals surface area (Å²) in [6, 6.07) is 12.0. The Labute approximate surface area is 151 Å². The van der Waals surface area contributed by atoms with Crippen molar-refractivity contribution in [2.75, 3.05) is 0 Å². The third-order valence-corrected chi connectivity index (χ3v) is 4.40. The highest BCUT2D eigenvalue weighted by atomic mass is 35.5. The number of hydrogen-bond donors (Lipinski definition) is 1. The Kier molecular flexibility index (Phi) is 4.40. The number of rotatable bonds is 4. The van der Waals surface area contributed by atoms with E-state index >= 15 is 0 Å². The lowest BCUT2D eigenvalue weighted by atomic mass is 10.1. The molecule has 0 saturated carbocycles. The molecule has 2 heterocycles. The van der Waals surface area contributed by atoms with Crippen molar-refractivity contribution < 1.29 is 4.74 Å². The molecule has 0 aliphatic heterocycles. The zero-order valence-electron chi connectivity index (χ0n) is 13.6. The van der Waals surface area contributed by atoms with Gasteiger partial charge in [-0.3, -0.25) is 0 Å². The van der Waals surface area contributed by atoms with E-state index in [1.807, 2.05) is 48.8 Å². The number of aromatic amines is 1. The largest absolute Gasteiger partial charge is 0.493 e. The highest BCUT2D eigenvalue weighted by Crippen LogP contribution is 2.29. The molecule has 0 amide bonds. The van der Waals surface area contributed by atoms with Crippen molar-refractivity contribution in [1.82, 2.24) is 9.97 Å². The average molecular weight is 349 g/mol. The van der Waals surface area contributed by atoms with E-state index in [-0.39, 0.29) is 0 Å². The van der Waals surface area contributed by atoms with Gasteiger partial charge in [-0.2, -0.15) is 0 Å². The van der Waals surface area contributed by atoms with Gasteiger partial charge in [-0.1, -0.05) is 60.2 Å². The van der Waals surface area contributed by atoms with Gasteiger partial charge in [0.25, 0.3) is 0 Å². The Morgan fingerprint density at radius 3 is 2.96 bits per heavy atom. The number of pyridine rings is 1. The van der Waals surface area contributed by atoms with Gasteiger partial charge in [-0.25, -0.2) is 4.98 Å². The van der Waals surface area contributed by atoms with E-state index in [9.17, 15) is 0 Å². The Hall–Kier alpha value is -2.78. The van der Waals surface area contributed by atoms with Crippen LogP contribution in [0.4, 0.5) is 0 Å². The van der Waals surface area contributed by atoms with E-state index in [4.69, 9.17) is 16.3 Å². The van der Waals surface area contributed by atoms with E-state index in [2.05, 4.69) is 34.3 Å².